The Morgan fingerprint density at radius 3 is 2.33 bits per heavy atom. The molecule has 0 bridgehead atoms. The Labute approximate surface area is 174 Å². The Balaban J connectivity index is 1.38. The maximum atomic E-state index is 13.9. The number of halogens is 2. The van der Waals surface area contributed by atoms with E-state index in [9.17, 15) is 18.4 Å². The second kappa shape index (κ2) is 10.2. The molecule has 0 aromatic heterocycles. The monoisotopic (exact) mass is 416 g/mol. The number of benzene rings is 2. The minimum Gasteiger partial charge on any atom is -0.340 e. The molecule has 8 heteroatoms. The van der Waals surface area contributed by atoms with Crippen LogP contribution in [0.5, 0.6) is 0 Å². The molecular formula is C22H26F2N4O2. The van der Waals surface area contributed by atoms with Crippen molar-refractivity contribution in [3.05, 3.63) is 54.1 Å². The number of hydrogen-bond acceptors (Lipinski definition) is 3. The third-order valence-corrected chi connectivity index (χ3v) is 5.14. The van der Waals surface area contributed by atoms with Gasteiger partial charge in [0.15, 0.2) is 0 Å². The fourth-order valence-electron chi connectivity index (χ4n) is 3.42. The highest BCUT2D eigenvalue weighted by Gasteiger charge is 2.17. The number of piperazine rings is 1. The van der Waals surface area contributed by atoms with Gasteiger partial charge in [0.25, 0.3) is 0 Å². The molecule has 1 saturated heterocycles. The maximum absolute atomic E-state index is 13.9. The second-order valence-corrected chi connectivity index (χ2v) is 7.28. The van der Waals surface area contributed by atoms with Crippen LogP contribution >= 0.6 is 0 Å². The number of hydrogen-bond donors (Lipinski definition) is 2. The molecule has 2 aromatic rings. The van der Waals surface area contributed by atoms with Crippen LogP contribution in [0, 0.1) is 11.6 Å². The van der Waals surface area contributed by atoms with Crippen LogP contribution in [0.4, 0.5) is 19.3 Å². The Bertz CT molecular complexity index is 881. The summed E-state index contributed by atoms with van der Waals surface area (Å²) in [6.45, 7) is 6.20. The van der Waals surface area contributed by atoms with Crippen molar-refractivity contribution in [1.29, 1.82) is 0 Å². The average Bonchev–Trinajstić information content (AvgIpc) is 2.72. The van der Waals surface area contributed by atoms with E-state index in [2.05, 4.69) is 15.5 Å². The molecule has 160 valence electrons. The van der Waals surface area contributed by atoms with Crippen molar-refractivity contribution in [2.24, 2.45) is 0 Å². The molecule has 3 amide bonds. The van der Waals surface area contributed by atoms with Gasteiger partial charge in [0, 0.05) is 57.0 Å². The van der Waals surface area contributed by atoms with Gasteiger partial charge in [-0.25, -0.2) is 13.6 Å². The quantitative estimate of drug-likeness (QED) is 0.711. The minimum absolute atomic E-state index is 0.115. The Hall–Kier alpha value is -3.00. The van der Waals surface area contributed by atoms with Crippen molar-refractivity contribution in [2.45, 2.75) is 13.3 Å². The molecule has 0 spiro atoms. The largest absolute Gasteiger partial charge is 0.340 e. The van der Waals surface area contributed by atoms with Crippen LogP contribution in [-0.2, 0) is 4.79 Å². The third kappa shape index (κ3) is 6.00. The molecule has 1 aliphatic heterocycles. The lowest BCUT2D eigenvalue weighted by Crippen LogP contribution is -2.48. The molecule has 1 heterocycles. The number of carbonyl (C=O) groups excluding carboxylic acids is 2. The van der Waals surface area contributed by atoms with Gasteiger partial charge in [-0.3, -0.25) is 9.69 Å². The number of anilines is 1. The molecule has 0 atom stereocenters. The lowest BCUT2D eigenvalue weighted by Gasteiger charge is -2.34. The van der Waals surface area contributed by atoms with Crippen molar-refractivity contribution >= 4 is 17.6 Å². The van der Waals surface area contributed by atoms with E-state index in [4.69, 9.17) is 0 Å². The summed E-state index contributed by atoms with van der Waals surface area (Å²) in [6.07, 6.45) is 0.816. The van der Waals surface area contributed by atoms with E-state index in [1.807, 2.05) is 4.90 Å². The first-order valence-corrected chi connectivity index (χ1v) is 10.0. The van der Waals surface area contributed by atoms with E-state index < -0.39 is 11.6 Å². The summed E-state index contributed by atoms with van der Waals surface area (Å²) < 4.78 is 26.9. The molecule has 0 aliphatic carbocycles. The summed E-state index contributed by atoms with van der Waals surface area (Å²) in [6, 6.07) is 9.83. The third-order valence-electron chi connectivity index (χ3n) is 5.14. The lowest BCUT2D eigenvalue weighted by atomic mass is 10.0. The Morgan fingerprint density at radius 1 is 1.00 bits per heavy atom. The first-order chi connectivity index (χ1) is 14.4. The number of nitrogens with zero attached hydrogens (tertiary/aromatic N) is 2. The molecule has 30 heavy (non-hydrogen) atoms. The number of urea groups is 1. The summed E-state index contributed by atoms with van der Waals surface area (Å²) in [5.41, 5.74) is 1.49. The Morgan fingerprint density at radius 2 is 1.70 bits per heavy atom. The zero-order chi connectivity index (χ0) is 21.5. The average molecular weight is 416 g/mol. The number of rotatable bonds is 6. The van der Waals surface area contributed by atoms with E-state index in [1.54, 1.807) is 31.2 Å². The van der Waals surface area contributed by atoms with Crippen LogP contribution in [0.15, 0.2) is 42.5 Å². The molecule has 0 unspecified atom stereocenters. The number of nitrogens with one attached hydrogen (secondary N) is 2. The van der Waals surface area contributed by atoms with Crippen LogP contribution in [-0.4, -0.2) is 61.0 Å². The van der Waals surface area contributed by atoms with Gasteiger partial charge < -0.3 is 15.5 Å². The first-order valence-electron chi connectivity index (χ1n) is 10.0. The summed E-state index contributed by atoms with van der Waals surface area (Å²) in [5, 5.41) is 5.56. The highest BCUT2D eigenvalue weighted by molar-refractivity contribution is 5.89. The molecule has 1 fully saturated rings. The molecule has 1 aliphatic rings. The van der Waals surface area contributed by atoms with E-state index in [1.165, 1.54) is 12.1 Å². The van der Waals surface area contributed by atoms with Crippen molar-refractivity contribution in [2.75, 3.05) is 44.6 Å². The van der Waals surface area contributed by atoms with Gasteiger partial charge in [0.05, 0.1) is 0 Å². The molecule has 3 rings (SSSR count). The van der Waals surface area contributed by atoms with Crippen LogP contribution in [0.2, 0.25) is 0 Å². The van der Waals surface area contributed by atoms with Gasteiger partial charge in [0.1, 0.15) is 11.6 Å². The Kier molecular flexibility index (Phi) is 7.35. The molecule has 2 N–H and O–H groups in total. The first kappa shape index (κ1) is 21.7. The van der Waals surface area contributed by atoms with Crippen LogP contribution in [0.3, 0.4) is 0 Å². The lowest BCUT2D eigenvalue weighted by molar-refractivity contribution is -0.130. The topological polar surface area (TPSA) is 64.7 Å². The summed E-state index contributed by atoms with van der Waals surface area (Å²) in [5.74, 6) is -1.13. The zero-order valence-electron chi connectivity index (χ0n) is 17.0. The fourth-order valence-corrected chi connectivity index (χ4v) is 3.42. The van der Waals surface area contributed by atoms with Gasteiger partial charge >= 0.3 is 6.03 Å². The molecule has 0 saturated carbocycles. The standard InChI is InChI=1S/C22H26F2N4O2/c1-16(29)28-13-11-27(12-14-28)10-2-9-25-22(30)26-19-6-3-17(4-7-19)20-8-5-18(23)15-21(20)24/h3-8,15H,2,9-14H2,1H3,(H2,25,26,30). The van der Waals surface area contributed by atoms with Gasteiger partial charge in [-0.05, 0) is 42.8 Å². The van der Waals surface area contributed by atoms with Crippen LogP contribution in [0.1, 0.15) is 13.3 Å². The number of amides is 3. The molecule has 6 nitrogen and oxygen atoms in total. The SMILES string of the molecule is CC(=O)N1CCN(CCCNC(=O)Nc2ccc(-c3ccc(F)cc3F)cc2)CC1. The summed E-state index contributed by atoms with van der Waals surface area (Å²) in [4.78, 5) is 27.5. The molecule has 0 radical (unpaired) electrons. The van der Waals surface area contributed by atoms with Crippen LogP contribution < -0.4 is 10.6 Å². The van der Waals surface area contributed by atoms with Gasteiger partial charge in [-0.15, -0.1) is 0 Å². The highest BCUT2D eigenvalue weighted by atomic mass is 19.1. The predicted octanol–water partition coefficient (Wildman–Crippen LogP) is 3.31. The normalized spacial score (nSPS) is 14.4. The fraction of sp³-hybridized carbons (Fsp3) is 0.364. The zero-order valence-corrected chi connectivity index (χ0v) is 17.0. The summed E-state index contributed by atoms with van der Waals surface area (Å²) in [7, 11) is 0. The van der Waals surface area contributed by atoms with E-state index in [0.29, 0.717) is 23.4 Å². The second-order valence-electron chi connectivity index (χ2n) is 7.28. The highest BCUT2D eigenvalue weighted by Crippen LogP contribution is 2.24. The number of carbonyl (C=O) groups is 2. The van der Waals surface area contributed by atoms with Crippen molar-refractivity contribution in [3.8, 4) is 11.1 Å². The minimum atomic E-state index is -0.629. The van der Waals surface area contributed by atoms with Crippen molar-refractivity contribution < 1.29 is 18.4 Å². The molecule has 2 aromatic carbocycles. The molecular weight excluding hydrogens is 390 g/mol. The van der Waals surface area contributed by atoms with Crippen molar-refractivity contribution in [1.82, 2.24) is 15.1 Å². The van der Waals surface area contributed by atoms with Gasteiger partial charge in [0.2, 0.25) is 5.91 Å². The van der Waals surface area contributed by atoms with Gasteiger partial charge in [-0.2, -0.15) is 0 Å². The van der Waals surface area contributed by atoms with Crippen molar-refractivity contribution in [3.63, 3.8) is 0 Å². The van der Waals surface area contributed by atoms with E-state index >= 15 is 0 Å². The predicted molar refractivity (Wildman–Crippen MR) is 112 cm³/mol. The van der Waals surface area contributed by atoms with E-state index in [-0.39, 0.29) is 11.9 Å². The smallest absolute Gasteiger partial charge is 0.319 e. The van der Waals surface area contributed by atoms with Gasteiger partial charge in [-0.1, -0.05) is 12.1 Å². The maximum Gasteiger partial charge on any atom is 0.319 e. The summed E-state index contributed by atoms with van der Waals surface area (Å²) >= 11 is 0. The van der Waals surface area contributed by atoms with E-state index in [0.717, 1.165) is 45.2 Å². The van der Waals surface area contributed by atoms with Crippen LogP contribution in [0.25, 0.3) is 11.1 Å².